The van der Waals surface area contributed by atoms with Crippen LogP contribution in [0.3, 0.4) is 0 Å². The molecule has 0 aliphatic heterocycles. The van der Waals surface area contributed by atoms with Crippen LogP contribution in [0.4, 0.5) is 11.4 Å². The number of carbonyl (C=O) groups is 1. The molecule has 0 fully saturated rings. The first-order valence-corrected chi connectivity index (χ1v) is 9.96. The quantitative estimate of drug-likeness (QED) is 0.697. The zero-order valence-electron chi connectivity index (χ0n) is 14.8. The molecule has 0 aliphatic rings. The van der Waals surface area contributed by atoms with Crippen LogP contribution in [0.2, 0.25) is 5.02 Å². The molecule has 2 aromatic carbocycles. The zero-order chi connectivity index (χ0) is 19.3. The summed E-state index contributed by atoms with van der Waals surface area (Å²) in [7, 11) is -3.80. The van der Waals surface area contributed by atoms with Crippen LogP contribution in [0.1, 0.15) is 25.8 Å². The first-order chi connectivity index (χ1) is 12.2. The molecule has 0 heterocycles. The third-order valence-electron chi connectivity index (χ3n) is 3.70. The minimum absolute atomic E-state index is 0.0994. The number of sulfonamides is 1. The minimum Gasteiger partial charge on any atom is -0.322 e. The lowest BCUT2D eigenvalue weighted by molar-refractivity contribution is -0.112. The Kier molecular flexibility index (Phi) is 6.45. The second-order valence-corrected chi connectivity index (χ2v) is 7.93. The number of benzene rings is 2. The maximum Gasteiger partial charge on any atom is 0.262 e. The Hall–Kier alpha value is -2.31. The van der Waals surface area contributed by atoms with Gasteiger partial charge < -0.3 is 5.32 Å². The van der Waals surface area contributed by atoms with Crippen molar-refractivity contribution in [1.82, 2.24) is 0 Å². The first kappa shape index (κ1) is 20.0. The van der Waals surface area contributed by atoms with Crippen LogP contribution in [0.15, 0.2) is 59.0 Å². The fourth-order valence-electron chi connectivity index (χ4n) is 2.32. The molecular formula is C19H21ClN2O3S. The number of hydrogen-bond donors (Lipinski definition) is 2. The molecule has 0 radical (unpaired) electrons. The first-order valence-electron chi connectivity index (χ1n) is 8.10. The summed E-state index contributed by atoms with van der Waals surface area (Å²) in [5.74, 6) is -0.260. The van der Waals surface area contributed by atoms with Gasteiger partial charge >= 0.3 is 0 Å². The van der Waals surface area contributed by atoms with E-state index in [4.69, 9.17) is 11.6 Å². The lowest BCUT2D eigenvalue weighted by Gasteiger charge is -2.13. The van der Waals surface area contributed by atoms with Crippen LogP contribution in [0.25, 0.3) is 0 Å². The van der Waals surface area contributed by atoms with Crippen molar-refractivity contribution in [2.24, 2.45) is 0 Å². The number of hydrogen-bond acceptors (Lipinski definition) is 3. The second-order valence-electron chi connectivity index (χ2n) is 5.84. The Balaban J connectivity index is 2.29. The van der Waals surface area contributed by atoms with Gasteiger partial charge in [0.1, 0.15) is 0 Å². The number of nitrogens with one attached hydrogen (secondary N) is 2. The zero-order valence-corrected chi connectivity index (χ0v) is 16.4. The number of carbonyl (C=O) groups excluding carboxylic acids is 1. The van der Waals surface area contributed by atoms with E-state index in [9.17, 15) is 13.2 Å². The van der Waals surface area contributed by atoms with Gasteiger partial charge in [-0.25, -0.2) is 8.42 Å². The van der Waals surface area contributed by atoms with Gasteiger partial charge in [-0.3, -0.25) is 9.52 Å². The number of aryl methyl sites for hydroxylation is 1. The molecule has 5 nitrogen and oxygen atoms in total. The van der Waals surface area contributed by atoms with E-state index in [2.05, 4.69) is 10.0 Å². The van der Waals surface area contributed by atoms with E-state index in [1.54, 1.807) is 50.2 Å². The molecule has 0 spiro atoms. The van der Waals surface area contributed by atoms with Gasteiger partial charge in [0.15, 0.2) is 0 Å². The maximum atomic E-state index is 12.7. The van der Waals surface area contributed by atoms with Crippen LogP contribution in [0, 0.1) is 6.92 Å². The van der Waals surface area contributed by atoms with Crippen molar-refractivity contribution in [2.45, 2.75) is 32.1 Å². The minimum atomic E-state index is -3.80. The van der Waals surface area contributed by atoms with Crippen molar-refractivity contribution in [1.29, 1.82) is 0 Å². The summed E-state index contributed by atoms with van der Waals surface area (Å²) in [6.45, 7) is 5.35. The number of rotatable bonds is 6. The molecule has 2 aromatic rings. The summed E-state index contributed by atoms with van der Waals surface area (Å²) < 4.78 is 27.9. The Labute approximate surface area is 159 Å². The van der Waals surface area contributed by atoms with E-state index in [1.807, 2.05) is 13.0 Å². The van der Waals surface area contributed by atoms with E-state index in [0.29, 0.717) is 27.5 Å². The molecule has 0 atom stereocenters. The van der Waals surface area contributed by atoms with Gasteiger partial charge in [-0.2, -0.15) is 0 Å². The van der Waals surface area contributed by atoms with Crippen LogP contribution in [-0.4, -0.2) is 14.3 Å². The van der Waals surface area contributed by atoms with Crippen molar-refractivity contribution in [3.8, 4) is 0 Å². The molecule has 2 N–H and O–H groups in total. The van der Waals surface area contributed by atoms with Gasteiger partial charge in [-0.15, -0.1) is 0 Å². The maximum absolute atomic E-state index is 12.7. The fraction of sp³-hybridized carbons (Fsp3) is 0.211. The van der Waals surface area contributed by atoms with E-state index >= 15 is 0 Å². The number of allylic oxidation sites excluding steroid dienone is 1. The number of anilines is 2. The average molecular weight is 393 g/mol. The molecule has 7 heteroatoms. The number of halogens is 1. The monoisotopic (exact) mass is 392 g/mol. The van der Waals surface area contributed by atoms with Crippen LogP contribution < -0.4 is 10.0 Å². The molecule has 0 aliphatic carbocycles. The summed E-state index contributed by atoms with van der Waals surface area (Å²) in [6.07, 6.45) is 2.56. The Morgan fingerprint density at radius 2 is 1.73 bits per heavy atom. The molecule has 26 heavy (non-hydrogen) atoms. The smallest absolute Gasteiger partial charge is 0.262 e. The highest BCUT2D eigenvalue weighted by Gasteiger charge is 2.18. The fourth-order valence-corrected chi connectivity index (χ4v) is 3.78. The van der Waals surface area contributed by atoms with E-state index in [-0.39, 0.29) is 10.8 Å². The van der Waals surface area contributed by atoms with Gasteiger partial charge in [0.2, 0.25) is 0 Å². The van der Waals surface area contributed by atoms with Crippen LogP contribution in [0.5, 0.6) is 0 Å². The Morgan fingerprint density at radius 3 is 2.35 bits per heavy atom. The molecule has 0 bridgehead atoms. The largest absolute Gasteiger partial charge is 0.322 e. The van der Waals surface area contributed by atoms with E-state index in [1.165, 1.54) is 6.07 Å². The lowest BCUT2D eigenvalue weighted by Crippen LogP contribution is -2.16. The summed E-state index contributed by atoms with van der Waals surface area (Å²) >= 11 is 5.82. The van der Waals surface area contributed by atoms with Gasteiger partial charge in [0.25, 0.3) is 15.9 Å². The Morgan fingerprint density at radius 1 is 1.12 bits per heavy atom. The molecule has 2 rings (SSSR count). The molecule has 0 saturated carbocycles. The molecule has 1 amide bonds. The van der Waals surface area contributed by atoms with Crippen LogP contribution in [-0.2, 0) is 14.8 Å². The SMILES string of the molecule is CC/C=C(/C)C(=O)Nc1ccc(C)c(S(=O)(=O)Nc2ccc(Cl)cc2)c1. The van der Waals surface area contributed by atoms with Crippen molar-refractivity contribution >= 4 is 38.9 Å². The standard InChI is InChI=1S/C19H21ClN2O3S/c1-4-5-14(3)19(23)21-17-9-6-13(2)18(12-17)26(24,25)22-16-10-7-15(20)8-11-16/h5-12,22H,4H2,1-3H3,(H,21,23)/b14-5-. The van der Waals surface area contributed by atoms with Crippen molar-refractivity contribution in [3.63, 3.8) is 0 Å². The summed E-state index contributed by atoms with van der Waals surface area (Å²) in [5.41, 5.74) is 1.98. The highest BCUT2D eigenvalue weighted by molar-refractivity contribution is 7.92. The van der Waals surface area contributed by atoms with Gasteiger partial charge in [0, 0.05) is 22.0 Å². The molecule has 0 saturated heterocycles. The highest BCUT2D eigenvalue weighted by atomic mass is 35.5. The molecule has 138 valence electrons. The van der Waals surface area contributed by atoms with Crippen molar-refractivity contribution < 1.29 is 13.2 Å². The average Bonchev–Trinajstić information content (AvgIpc) is 2.58. The third-order valence-corrected chi connectivity index (χ3v) is 5.48. The summed E-state index contributed by atoms with van der Waals surface area (Å²) in [4.78, 5) is 12.2. The van der Waals surface area contributed by atoms with E-state index < -0.39 is 10.0 Å². The molecule has 0 unspecified atom stereocenters. The topological polar surface area (TPSA) is 75.3 Å². The van der Waals surface area contributed by atoms with Gasteiger partial charge in [-0.1, -0.05) is 30.7 Å². The third kappa shape index (κ3) is 5.09. The highest BCUT2D eigenvalue weighted by Crippen LogP contribution is 2.24. The molecular weight excluding hydrogens is 372 g/mol. The predicted octanol–water partition coefficient (Wildman–Crippen LogP) is 4.74. The van der Waals surface area contributed by atoms with Gasteiger partial charge in [-0.05, 0) is 62.2 Å². The normalized spacial score (nSPS) is 11.9. The Bertz CT molecular complexity index is 936. The molecule has 0 aromatic heterocycles. The number of amides is 1. The van der Waals surface area contributed by atoms with E-state index in [0.717, 1.165) is 6.42 Å². The second kappa shape index (κ2) is 8.38. The van der Waals surface area contributed by atoms with Gasteiger partial charge in [0.05, 0.1) is 4.90 Å². The lowest BCUT2D eigenvalue weighted by atomic mass is 10.2. The summed E-state index contributed by atoms with van der Waals surface area (Å²) in [5, 5.41) is 3.24. The summed E-state index contributed by atoms with van der Waals surface area (Å²) in [6, 6.07) is 11.2. The van der Waals surface area contributed by atoms with Crippen LogP contribution >= 0.6 is 11.6 Å². The van der Waals surface area contributed by atoms with Crippen molar-refractivity contribution in [2.75, 3.05) is 10.0 Å². The predicted molar refractivity (Wildman–Crippen MR) is 106 cm³/mol. The van der Waals surface area contributed by atoms with Crippen molar-refractivity contribution in [3.05, 3.63) is 64.7 Å².